The lowest BCUT2D eigenvalue weighted by molar-refractivity contribution is -0.136. The van der Waals surface area contributed by atoms with E-state index >= 15 is 0 Å². The van der Waals surface area contributed by atoms with Crippen LogP contribution in [0.4, 0.5) is 4.79 Å². The Bertz CT molecular complexity index is 1330. The van der Waals surface area contributed by atoms with Gasteiger partial charge in [0.15, 0.2) is 29.2 Å². The van der Waals surface area contributed by atoms with Crippen molar-refractivity contribution >= 4 is 40.8 Å². The van der Waals surface area contributed by atoms with E-state index in [0.717, 1.165) is 3.57 Å². The number of carbonyl (C=O) groups excluding carboxylic acids is 2. The molecule has 0 fully saturated rings. The number of amides is 2. The number of hydrogen-bond donors (Lipinski definition) is 4. The Morgan fingerprint density at radius 1 is 1.20 bits per heavy atom. The highest BCUT2D eigenvalue weighted by atomic mass is 127. The molecule has 2 amide bonds. The molecule has 220 valence electrons. The first-order chi connectivity index (χ1) is 19.7. The third-order valence-corrected chi connectivity index (χ3v) is 6.34. The molecule has 0 radical (unpaired) electrons. The van der Waals surface area contributed by atoms with E-state index in [0.29, 0.717) is 46.4 Å². The van der Waals surface area contributed by atoms with Crippen molar-refractivity contribution in [1.82, 2.24) is 16.1 Å². The molecule has 2 atom stereocenters. The highest BCUT2D eigenvalue weighted by Gasteiger charge is 2.32. The van der Waals surface area contributed by atoms with E-state index < -0.39 is 24.3 Å². The van der Waals surface area contributed by atoms with Crippen LogP contribution in [-0.4, -0.2) is 63.6 Å². The van der Waals surface area contributed by atoms with Crippen molar-refractivity contribution in [2.24, 2.45) is 5.10 Å². The smallest absolute Gasteiger partial charge is 0.337 e. The first-order valence-corrected chi connectivity index (χ1v) is 13.6. The third-order valence-electron chi connectivity index (χ3n) is 5.71. The number of methoxy groups -OCH3 is 2. The lowest BCUT2D eigenvalue weighted by Crippen LogP contribution is -2.45. The number of rotatable bonds is 14. The van der Waals surface area contributed by atoms with E-state index in [4.69, 9.17) is 23.7 Å². The van der Waals surface area contributed by atoms with Crippen LogP contribution in [-0.2, 0) is 9.53 Å². The van der Waals surface area contributed by atoms with E-state index in [1.165, 1.54) is 13.3 Å². The number of benzene rings is 2. The summed E-state index contributed by atoms with van der Waals surface area (Å²) in [6.45, 7) is 7.55. The maximum absolute atomic E-state index is 12.4. The highest BCUT2D eigenvalue weighted by Crippen LogP contribution is 2.35. The van der Waals surface area contributed by atoms with Crippen molar-refractivity contribution in [2.75, 3.05) is 34.0 Å². The van der Waals surface area contributed by atoms with Crippen LogP contribution in [0.5, 0.6) is 23.0 Å². The number of hydrogen-bond acceptors (Lipinski definition) is 10. The van der Waals surface area contributed by atoms with Crippen LogP contribution < -0.4 is 35.0 Å². The van der Waals surface area contributed by atoms with E-state index in [1.54, 1.807) is 38.3 Å². The summed E-state index contributed by atoms with van der Waals surface area (Å²) < 4.78 is 28.5. The molecule has 0 aliphatic carbocycles. The molecule has 0 bridgehead atoms. The molecule has 0 saturated heterocycles. The van der Waals surface area contributed by atoms with Crippen molar-refractivity contribution in [3.05, 3.63) is 69.0 Å². The van der Waals surface area contributed by atoms with Gasteiger partial charge in [0.05, 0.1) is 38.7 Å². The van der Waals surface area contributed by atoms with Crippen LogP contribution in [0.1, 0.15) is 31.0 Å². The molecular weight excluding hydrogens is 647 g/mol. The molecule has 0 aromatic heterocycles. The monoisotopic (exact) mass is 680 g/mol. The van der Waals surface area contributed by atoms with Crippen LogP contribution >= 0.6 is 22.6 Å². The second-order valence-electron chi connectivity index (χ2n) is 8.54. The number of nitrogens with one attached hydrogen (secondary N) is 3. The predicted molar refractivity (Wildman–Crippen MR) is 160 cm³/mol. The molecule has 1 aliphatic heterocycles. The largest absolute Gasteiger partial charge is 0.493 e. The number of hydrazone groups is 1. The summed E-state index contributed by atoms with van der Waals surface area (Å²) in [7, 11) is 2.82. The second kappa shape index (κ2) is 15.1. The topological polar surface area (TPSA) is 149 Å². The normalized spacial score (nSPS) is 15.5. The average Bonchev–Trinajstić information content (AvgIpc) is 2.95. The fourth-order valence-corrected chi connectivity index (χ4v) is 4.57. The second-order valence-corrected chi connectivity index (χ2v) is 9.79. The quantitative estimate of drug-likeness (QED) is 0.0589. The van der Waals surface area contributed by atoms with Crippen LogP contribution in [0.25, 0.3) is 0 Å². The Kier molecular flexibility index (Phi) is 11.6. The average molecular weight is 680 g/mol. The van der Waals surface area contributed by atoms with Gasteiger partial charge in [0, 0.05) is 14.8 Å². The molecule has 41 heavy (non-hydrogen) atoms. The SMILES string of the molecule is C=CCOc1c(/C=N/N[C@H](O)COc2ccc([C@@H]3NC(=O)NC(C)=C3C(=O)OC)cc2OCC)cc(I)cc1OC. The molecule has 0 saturated carbocycles. The summed E-state index contributed by atoms with van der Waals surface area (Å²) in [4.78, 5) is 24.6. The fourth-order valence-electron chi connectivity index (χ4n) is 3.95. The molecule has 1 heterocycles. The molecular formula is C28H33IN4O8. The zero-order valence-electron chi connectivity index (χ0n) is 23.2. The van der Waals surface area contributed by atoms with Crippen molar-refractivity contribution in [3.63, 3.8) is 0 Å². The number of allylic oxidation sites excluding steroid dienone is 1. The molecule has 0 unspecified atom stereocenters. The van der Waals surface area contributed by atoms with Gasteiger partial charge in [-0.15, -0.1) is 0 Å². The van der Waals surface area contributed by atoms with E-state index in [1.807, 2.05) is 19.1 Å². The summed E-state index contributed by atoms with van der Waals surface area (Å²) >= 11 is 2.16. The van der Waals surface area contributed by atoms with Gasteiger partial charge in [-0.3, -0.25) is 5.43 Å². The Labute approximate surface area is 251 Å². The molecule has 4 N–H and O–H groups in total. The lowest BCUT2D eigenvalue weighted by Gasteiger charge is -2.28. The molecule has 3 rings (SSSR count). The van der Waals surface area contributed by atoms with Gasteiger partial charge >= 0.3 is 12.0 Å². The van der Waals surface area contributed by atoms with Crippen LogP contribution in [0, 0.1) is 3.57 Å². The minimum atomic E-state index is -1.16. The van der Waals surface area contributed by atoms with Gasteiger partial charge in [-0.25, -0.2) is 9.59 Å². The molecule has 0 spiro atoms. The number of esters is 1. The van der Waals surface area contributed by atoms with E-state index in [-0.39, 0.29) is 18.8 Å². The van der Waals surface area contributed by atoms with Crippen molar-refractivity contribution in [1.29, 1.82) is 0 Å². The van der Waals surface area contributed by atoms with Gasteiger partial charge in [-0.2, -0.15) is 5.10 Å². The minimum Gasteiger partial charge on any atom is -0.493 e. The Morgan fingerprint density at radius 3 is 2.66 bits per heavy atom. The van der Waals surface area contributed by atoms with Gasteiger partial charge in [-0.1, -0.05) is 18.7 Å². The summed E-state index contributed by atoms with van der Waals surface area (Å²) in [6.07, 6.45) is 1.97. The number of nitrogens with zero attached hydrogens (tertiary/aromatic N) is 1. The zero-order chi connectivity index (χ0) is 29.9. The van der Waals surface area contributed by atoms with Crippen LogP contribution in [0.3, 0.4) is 0 Å². The number of carbonyl (C=O) groups is 2. The van der Waals surface area contributed by atoms with Crippen LogP contribution in [0.2, 0.25) is 0 Å². The van der Waals surface area contributed by atoms with Gasteiger partial charge < -0.3 is 39.4 Å². The maximum atomic E-state index is 12.4. The van der Waals surface area contributed by atoms with Crippen molar-refractivity contribution < 1.29 is 38.4 Å². The summed E-state index contributed by atoms with van der Waals surface area (Å²) in [5, 5.41) is 19.9. The van der Waals surface area contributed by atoms with Gasteiger partial charge in [0.1, 0.15) is 13.2 Å². The molecule has 2 aromatic rings. The molecule has 1 aliphatic rings. The first-order valence-electron chi connectivity index (χ1n) is 12.6. The lowest BCUT2D eigenvalue weighted by atomic mass is 9.95. The Balaban J connectivity index is 1.73. The number of urea groups is 1. The number of ether oxygens (including phenoxy) is 5. The number of halogens is 1. The third kappa shape index (κ3) is 8.27. The standard InChI is InChI=1S/C28H33IN4O8/c1-6-10-40-26-18(11-19(29)13-22(26)37-4)14-30-33-23(34)15-41-20-9-8-17(12-21(20)39-7-2)25-24(27(35)38-5)16(3)31-28(36)32-25/h6,8-9,11-14,23,25,33-34H,1,7,10,15H2,2-5H3,(H2,31,32,36)/b30-14+/t23-,25+/m1/s1. The van der Waals surface area contributed by atoms with Gasteiger partial charge in [0.2, 0.25) is 0 Å². The first kappa shape index (κ1) is 31.5. The van der Waals surface area contributed by atoms with Crippen LogP contribution in [0.15, 0.2) is 59.4 Å². The maximum Gasteiger partial charge on any atom is 0.337 e. The molecule has 12 nitrogen and oxygen atoms in total. The van der Waals surface area contributed by atoms with E-state index in [9.17, 15) is 14.7 Å². The Hall–Kier alpha value is -3.98. The van der Waals surface area contributed by atoms with Gasteiger partial charge in [0.25, 0.3) is 0 Å². The van der Waals surface area contributed by atoms with Crippen molar-refractivity contribution in [3.8, 4) is 23.0 Å². The fraction of sp³-hybridized carbons (Fsp3) is 0.321. The molecule has 13 heteroatoms. The highest BCUT2D eigenvalue weighted by molar-refractivity contribution is 14.1. The van der Waals surface area contributed by atoms with Gasteiger partial charge in [-0.05, 0) is 66.3 Å². The zero-order valence-corrected chi connectivity index (χ0v) is 25.3. The number of aliphatic hydroxyl groups is 1. The summed E-state index contributed by atoms with van der Waals surface area (Å²) in [5.74, 6) is 1.19. The minimum absolute atomic E-state index is 0.164. The molecule has 2 aromatic carbocycles. The summed E-state index contributed by atoms with van der Waals surface area (Å²) in [5.41, 5.74) is 4.51. The summed E-state index contributed by atoms with van der Waals surface area (Å²) in [6, 6.07) is 7.48. The Morgan fingerprint density at radius 2 is 1.98 bits per heavy atom. The van der Waals surface area contributed by atoms with E-state index in [2.05, 4.69) is 50.3 Å². The van der Waals surface area contributed by atoms with Crippen molar-refractivity contribution in [2.45, 2.75) is 26.1 Å². The number of aliphatic hydroxyl groups excluding tert-OH is 1. The predicted octanol–water partition coefficient (Wildman–Crippen LogP) is 3.39.